The minimum absolute atomic E-state index is 0.00521. The number of benzene rings is 1. The molecule has 1 aromatic carbocycles. The summed E-state index contributed by atoms with van der Waals surface area (Å²) >= 11 is 5.65. The van der Waals surface area contributed by atoms with Crippen molar-refractivity contribution in [3.8, 4) is 0 Å². The lowest BCUT2D eigenvalue weighted by atomic mass is 10.0. The molecule has 20 heavy (non-hydrogen) atoms. The van der Waals surface area contributed by atoms with Crippen molar-refractivity contribution in [2.45, 2.75) is 26.3 Å². The van der Waals surface area contributed by atoms with Gasteiger partial charge < -0.3 is 10.2 Å². The molecular formula is C14H16ClFN2O2. The Morgan fingerprint density at radius 2 is 2.10 bits per heavy atom. The fourth-order valence-corrected chi connectivity index (χ4v) is 2.28. The van der Waals surface area contributed by atoms with Crippen LogP contribution in [0.15, 0.2) is 18.2 Å². The molecule has 1 heterocycles. The number of carbonyl (C=O) groups is 2. The first-order valence-electron chi connectivity index (χ1n) is 6.46. The number of amides is 2. The van der Waals surface area contributed by atoms with Crippen LogP contribution in [-0.2, 0) is 9.59 Å². The van der Waals surface area contributed by atoms with E-state index in [-0.39, 0.29) is 35.7 Å². The Morgan fingerprint density at radius 1 is 1.40 bits per heavy atom. The van der Waals surface area contributed by atoms with Crippen molar-refractivity contribution in [1.82, 2.24) is 5.32 Å². The summed E-state index contributed by atoms with van der Waals surface area (Å²) in [7, 11) is 0. The van der Waals surface area contributed by atoms with Crippen LogP contribution in [0.5, 0.6) is 0 Å². The number of rotatable bonds is 2. The van der Waals surface area contributed by atoms with Gasteiger partial charge >= 0.3 is 0 Å². The van der Waals surface area contributed by atoms with Gasteiger partial charge in [-0.15, -0.1) is 0 Å². The number of carbonyl (C=O) groups excluding carboxylic acids is 2. The number of nitrogens with zero attached hydrogens (tertiary/aromatic N) is 1. The van der Waals surface area contributed by atoms with Gasteiger partial charge in [0.15, 0.2) is 0 Å². The third-order valence-electron chi connectivity index (χ3n) is 3.29. The summed E-state index contributed by atoms with van der Waals surface area (Å²) in [4.78, 5) is 25.6. The summed E-state index contributed by atoms with van der Waals surface area (Å²) in [6.07, 6.45) is 0.194. The summed E-state index contributed by atoms with van der Waals surface area (Å²) in [5, 5.41) is 2.71. The SMILES string of the molecule is CC(C)C1NC(=O)CCN(c2ccc(Cl)c(F)c2)C1=O. The summed E-state index contributed by atoms with van der Waals surface area (Å²) in [5.41, 5.74) is 0.416. The largest absolute Gasteiger partial charge is 0.344 e. The zero-order chi connectivity index (χ0) is 14.9. The maximum absolute atomic E-state index is 13.5. The number of hydrogen-bond donors (Lipinski definition) is 1. The van der Waals surface area contributed by atoms with Gasteiger partial charge in [0.05, 0.1) is 5.02 Å². The van der Waals surface area contributed by atoms with E-state index in [1.807, 2.05) is 13.8 Å². The van der Waals surface area contributed by atoms with E-state index in [1.54, 1.807) is 6.07 Å². The standard InChI is InChI=1S/C14H16ClFN2O2/c1-8(2)13-14(20)18(6-5-12(19)17-13)9-3-4-10(15)11(16)7-9/h3-4,7-8,13H,5-6H2,1-2H3,(H,17,19). The minimum atomic E-state index is -0.594. The molecule has 2 rings (SSSR count). The molecule has 0 saturated carbocycles. The summed E-state index contributed by atoms with van der Waals surface area (Å²) in [6.45, 7) is 3.94. The highest BCUT2D eigenvalue weighted by Gasteiger charge is 2.32. The highest BCUT2D eigenvalue weighted by molar-refractivity contribution is 6.30. The Labute approximate surface area is 121 Å². The summed E-state index contributed by atoms with van der Waals surface area (Å²) < 4.78 is 13.5. The monoisotopic (exact) mass is 298 g/mol. The third-order valence-corrected chi connectivity index (χ3v) is 3.60. The molecule has 2 amide bonds. The van der Waals surface area contributed by atoms with Crippen LogP contribution in [0.25, 0.3) is 0 Å². The predicted octanol–water partition coefficient (Wildman–Crippen LogP) is 2.36. The van der Waals surface area contributed by atoms with Gasteiger partial charge in [0, 0.05) is 18.7 Å². The molecule has 6 heteroatoms. The molecule has 1 saturated heterocycles. The van der Waals surface area contributed by atoms with E-state index in [9.17, 15) is 14.0 Å². The van der Waals surface area contributed by atoms with Gasteiger partial charge in [-0.2, -0.15) is 0 Å². The molecule has 0 radical (unpaired) electrons. The van der Waals surface area contributed by atoms with Crippen LogP contribution in [0.4, 0.5) is 10.1 Å². The topological polar surface area (TPSA) is 49.4 Å². The first-order valence-corrected chi connectivity index (χ1v) is 6.83. The van der Waals surface area contributed by atoms with E-state index in [1.165, 1.54) is 17.0 Å². The lowest BCUT2D eigenvalue weighted by molar-refractivity contribution is -0.126. The van der Waals surface area contributed by atoms with Gasteiger partial charge in [-0.1, -0.05) is 25.4 Å². The first kappa shape index (κ1) is 14.8. The highest BCUT2D eigenvalue weighted by atomic mass is 35.5. The van der Waals surface area contributed by atoms with Crippen LogP contribution >= 0.6 is 11.6 Å². The number of nitrogens with one attached hydrogen (secondary N) is 1. The summed E-state index contributed by atoms with van der Waals surface area (Å²) in [6, 6.07) is 3.61. The molecule has 1 aliphatic rings. The maximum atomic E-state index is 13.5. The van der Waals surface area contributed by atoms with Gasteiger partial charge in [-0.25, -0.2) is 4.39 Å². The van der Waals surface area contributed by atoms with Crippen molar-refractivity contribution in [1.29, 1.82) is 0 Å². The van der Waals surface area contributed by atoms with E-state index >= 15 is 0 Å². The zero-order valence-corrected chi connectivity index (χ0v) is 12.1. The van der Waals surface area contributed by atoms with Crippen LogP contribution in [0.2, 0.25) is 5.02 Å². The van der Waals surface area contributed by atoms with Gasteiger partial charge in [0.25, 0.3) is 0 Å². The molecule has 4 nitrogen and oxygen atoms in total. The third kappa shape index (κ3) is 2.93. The van der Waals surface area contributed by atoms with Crippen LogP contribution < -0.4 is 10.2 Å². The van der Waals surface area contributed by atoms with E-state index in [2.05, 4.69) is 5.32 Å². The van der Waals surface area contributed by atoms with Crippen LogP contribution in [0, 0.1) is 11.7 Å². The number of halogens is 2. The van der Waals surface area contributed by atoms with Gasteiger partial charge in [-0.3, -0.25) is 9.59 Å². The van der Waals surface area contributed by atoms with Crippen molar-refractivity contribution in [3.63, 3.8) is 0 Å². The van der Waals surface area contributed by atoms with Crippen molar-refractivity contribution >= 4 is 29.1 Å². The second-order valence-corrected chi connectivity index (χ2v) is 5.53. The molecule has 108 valence electrons. The van der Waals surface area contributed by atoms with Gasteiger partial charge in [-0.05, 0) is 24.1 Å². The number of hydrogen-bond acceptors (Lipinski definition) is 2. The average Bonchev–Trinajstić information content (AvgIpc) is 2.53. The van der Waals surface area contributed by atoms with Crippen LogP contribution in [0.3, 0.4) is 0 Å². The van der Waals surface area contributed by atoms with Crippen LogP contribution in [0.1, 0.15) is 20.3 Å². The van der Waals surface area contributed by atoms with E-state index in [0.29, 0.717) is 5.69 Å². The molecule has 1 aliphatic heterocycles. The molecule has 1 aromatic rings. The molecule has 1 fully saturated rings. The Bertz CT molecular complexity index is 548. The fraction of sp³-hybridized carbons (Fsp3) is 0.429. The molecular weight excluding hydrogens is 283 g/mol. The van der Waals surface area contributed by atoms with Crippen molar-refractivity contribution in [2.75, 3.05) is 11.4 Å². The highest BCUT2D eigenvalue weighted by Crippen LogP contribution is 2.24. The van der Waals surface area contributed by atoms with E-state index in [0.717, 1.165) is 0 Å². The molecule has 0 aliphatic carbocycles. The Hall–Kier alpha value is -1.62. The first-order chi connectivity index (χ1) is 9.40. The van der Waals surface area contributed by atoms with Crippen molar-refractivity contribution in [3.05, 3.63) is 29.0 Å². The molecule has 0 bridgehead atoms. The number of anilines is 1. The fourth-order valence-electron chi connectivity index (χ4n) is 2.16. The normalized spacial score (nSPS) is 20.1. The molecule has 1 N–H and O–H groups in total. The van der Waals surface area contributed by atoms with Crippen molar-refractivity contribution in [2.24, 2.45) is 5.92 Å². The van der Waals surface area contributed by atoms with Gasteiger partial charge in [0.1, 0.15) is 11.9 Å². The Morgan fingerprint density at radius 3 is 2.70 bits per heavy atom. The lowest BCUT2D eigenvalue weighted by Gasteiger charge is -2.26. The van der Waals surface area contributed by atoms with E-state index < -0.39 is 11.9 Å². The smallest absolute Gasteiger partial charge is 0.249 e. The quantitative estimate of drug-likeness (QED) is 0.911. The lowest BCUT2D eigenvalue weighted by Crippen LogP contribution is -2.47. The Balaban J connectivity index is 2.35. The van der Waals surface area contributed by atoms with Crippen molar-refractivity contribution < 1.29 is 14.0 Å². The molecule has 1 atom stereocenters. The maximum Gasteiger partial charge on any atom is 0.249 e. The predicted molar refractivity (Wildman–Crippen MR) is 75.1 cm³/mol. The second-order valence-electron chi connectivity index (χ2n) is 5.13. The zero-order valence-electron chi connectivity index (χ0n) is 11.3. The Kier molecular flexibility index (Phi) is 4.28. The molecule has 0 aromatic heterocycles. The molecule has 0 spiro atoms. The van der Waals surface area contributed by atoms with Crippen LogP contribution in [-0.4, -0.2) is 24.4 Å². The minimum Gasteiger partial charge on any atom is -0.344 e. The summed E-state index contributed by atoms with van der Waals surface area (Å²) in [5.74, 6) is -1.02. The second kappa shape index (κ2) is 5.79. The van der Waals surface area contributed by atoms with Gasteiger partial charge in [0.2, 0.25) is 11.8 Å². The van der Waals surface area contributed by atoms with E-state index in [4.69, 9.17) is 11.6 Å². The average molecular weight is 299 g/mol. The molecule has 1 unspecified atom stereocenters.